The van der Waals surface area contributed by atoms with E-state index in [0.29, 0.717) is 12.2 Å². The number of aromatic amines is 1. The second-order valence-electron chi connectivity index (χ2n) is 5.47. The zero-order valence-corrected chi connectivity index (χ0v) is 16.0. The third-order valence-corrected chi connectivity index (χ3v) is 6.66. The van der Waals surface area contributed by atoms with E-state index in [1.54, 1.807) is 12.1 Å². The van der Waals surface area contributed by atoms with Crippen LogP contribution in [0.1, 0.15) is 26.6 Å². The molecule has 4 N–H and O–H groups in total. The Hall–Kier alpha value is -1.46. The maximum absolute atomic E-state index is 12.2. The molecule has 0 aliphatic carbocycles. The van der Waals surface area contributed by atoms with E-state index in [0.717, 1.165) is 29.1 Å². The molecule has 8 nitrogen and oxygen atoms in total. The summed E-state index contributed by atoms with van der Waals surface area (Å²) in [5.74, 6) is -0.303. The van der Waals surface area contributed by atoms with E-state index in [1.807, 2.05) is 6.92 Å². The van der Waals surface area contributed by atoms with Gasteiger partial charge in [0.1, 0.15) is 4.21 Å². The first-order chi connectivity index (χ1) is 11.5. The first-order valence-electron chi connectivity index (χ1n) is 7.58. The van der Waals surface area contributed by atoms with Crippen LogP contribution in [0.2, 0.25) is 0 Å². The summed E-state index contributed by atoms with van der Waals surface area (Å²) in [6, 6.07) is 3.33. The number of H-pyrrole nitrogens is 1. The molecular weight excluding hydrogens is 386 g/mol. The van der Waals surface area contributed by atoms with Crippen LogP contribution in [0.5, 0.6) is 0 Å². The Morgan fingerprint density at radius 3 is 2.88 bits per heavy atom. The Kier molecular flexibility index (Phi) is 6.58. The van der Waals surface area contributed by atoms with Gasteiger partial charge in [0, 0.05) is 48.7 Å². The number of rotatable bonds is 6. The first kappa shape index (κ1) is 19.9. The largest absolute Gasteiger partial charge is 0.349 e. The third-order valence-electron chi connectivity index (χ3n) is 3.70. The SMILES string of the molecule is Cc1ccc(S(=O)(=O)NCCNC(=O)c2n[nH]c3c2CNCC3)s1.Cl. The van der Waals surface area contributed by atoms with Crippen molar-refractivity contribution in [2.24, 2.45) is 0 Å². The van der Waals surface area contributed by atoms with Gasteiger partial charge in [-0.2, -0.15) is 5.10 Å². The van der Waals surface area contributed by atoms with Crippen LogP contribution in [0.15, 0.2) is 16.3 Å². The topological polar surface area (TPSA) is 116 Å². The molecule has 11 heteroatoms. The number of carbonyl (C=O) groups excluding carboxylic acids is 1. The highest BCUT2D eigenvalue weighted by molar-refractivity contribution is 7.91. The Morgan fingerprint density at radius 2 is 2.16 bits per heavy atom. The fraction of sp³-hybridized carbons (Fsp3) is 0.429. The van der Waals surface area contributed by atoms with Crippen LogP contribution in [-0.4, -0.2) is 44.2 Å². The van der Waals surface area contributed by atoms with Gasteiger partial charge in [-0.25, -0.2) is 13.1 Å². The van der Waals surface area contributed by atoms with Gasteiger partial charge in [-0.1, -0.05) is 0 Å². The number of hydrogen-bond donors (Lipinski definition) is 4. The molecule has 3 rings (SSSR count). The smallest absolute Gasteiger partial charge is 0.272 e. The molecule has 1 aliphatic rings. The number of sulfonamides is 1. The Morgan fingerprint density at radius 1 is 1.36 bits per heavy atom. The Bertz CT molecular complexity index is 847. The molecule has 0 saturated carbocycles. The number of fused-ring (bicyclic) bond motifs is 1. The van der Waals surface area contributed by atoms with Gasteiger partial charge >= 0.3 is 0 Å². The van der Waals surface area contributed by atoms with Crippen LogP contribution in [-0.2, 0) is 23.0 Å². The van der Waals surface area contributed by atoms with Crippen molar-refractivity contribution < 1.29 is 13.2 Å². The van der Waals surface area contributed by atoms with Crippen LogP contribution >= 0.6 is 23.7 Å². The molecule has 2 aromatic rings. The van der Waals surface area contributed by atoms with E-state index in [4.69, 9.17) is 0 Å². The van der Waals surface area contributed by atoms with Crippen molar-refractivity contribution in [2.45, 2.75) is 24.1 Å². The molecule has 2 aromatic heterocycles. The van der Waals surface area contributed by atoms with Gasteiger partial charge in [-0.05, 0) is 19.1 Å². The lowest BCUT2D eigenvalue weighted by Gasteiger charge is -2.12. The summed E-state index contributed by atoms with van der Waals surface area (Å²) in [6.45, 7) is 3.63. The molecule has 0 atom stereocenters. The number of aryl methyl sites for hydroxylation is 1. The molecule has 0 bridgehead atoms. The minimum Gasteiger partial charge on any atom is -0.349 e. The Balaban J connectivity index is 0.00000225. The van der Waals surface area contributed by atoms with Gasteiger partial charge in [0.2, 0.25) is 10.0 Å². The Labute approximate surface area is 156 Å². The van der Waals surface area contributed by atoms with Crippen molar-refractivity contribution >= 4 is 39.7 Å². The summed E-state index contributed by atoms with van der Waals surface area (Å²) >= 11 is 1.21. The predicted molar refractivity (Wildman–Crippen MR) is 97.8 cm³/mol. The molecule has 1 aliphatic heterocycles. The quantitative estimate of drug-likeness (QED) is 0.524. The first-order valence-corrected chi connectivity index (χ1v) is 9.88. The number of thiophene rings is 1. The number of amides is 1. The van der Waals surface area contributed by atoms with Crippen molar-refractivity contribution in [3.05, 3.63) is 34.0 Å². The van der Waals surface area contributed by atoms with E-state index in [-0.39, 0.29) is 35.6 Å². The van der Waals surface area contributed by atoms with Crippen molar-refractivity contribution in [1.29, 1.82) is 0 Å². The molecule has 0 spiro atoms. The van der Waals surface area contributed by atoms with E-state index < -0.39 is 10.0 Å². The van der Waals surface area contributed by atoms with Crippen LogP contribution in [0.3, 0.4) is 0 Å². The predicted octanol–water partition coefficient (Wildman–Crippen LogP) is 0.555. The van der Waals surface area contributed by atoms with E-state index in [9.17, 15) is 13.2 Å². The van der Waals surface area contributed by atoms with Crippen LogP contribution in [0, 0.1) is 6.92 Å². The lowest BCUT2D eigenvalue weighted by Crippen LogP contribution is -2.35. The van der Waals surface area contributed by atoms with Gasteiger partial charge in [-0.15, -0.1) is 23.7 Å². The van der Waals surface area contributed by atoms with Gasteiger partial charge in [0.25, 0.3) is 5.91 Å². The summed E-state index contributed by atoms with van der Waals surface area (Å²) in [4.78, 5) is 13.1. The highest BCUT2D eigenvalue weighted by atomic mass is 35.5. The molecular formula is C14H20ClN5O3S2. The lowest BCUT2D eigenvalue weighted by atomic mass is 10.1. The molecule has 0 saturated heterocycles. The molecule has 138 valence electrons. The number of nitrogens with zero attached hydrogens (tertiary/aromatic N) is 1. The van der Waals surface area contributed by atoms with Crippen LogP contribution in [0.25, 0.3) is 0 Å². The molecule has 0 radical (unpaired) electrons. The van der Waals surface area contributed by atoms with Gasteiger partial charge in [0.15, 0.2) is 5.69 Å². The standard InChI is InChI=1S/C14H19N5O3S2.ClH/c1-9-2-3-12(23-9)24(21,22)17-7-6-16-14(20)13-10-8-15-5-4-11(10)18-19-13;/h2-3,15,17H,4-8H2,1H3,(H,16,20)(H,18,19);1H. The number of halogens is 1. The highest BCUT2D eigenvalue weighted by Crippen LogP contribution is 2.20. The zero-order valence-electron chi connectivity index (χ0n) is 13.6. The van der Waals surface area contributed by atoms with E-state index >= 15 is 0 Å². The number of hydrogen-bond acceptors (Lipinski definition) is 6. The lowest BCUT2D eigenvalue weighted by molar-refractivity contribution is 0.0948. The third kappa shape index (κ3) is 4.59. The number of nitrogens with one attached hydrogen (secondary N) is 4. The second-order valence-corrected chi connectivity index (χ2v) is 8.76. The summed E-state index contributed by atoms with van der Waals surface area (Å²) in [7, 11) is -3.52. The molecule has 3 heterocycles. The maximum atomic E-state index is 12.2. The normalized spacial score (nSPS) is 13.8. The molecule has 25 heavy (non-hydrogen) atoms. The maximum Gasteiger partial charge on any atom is 0.272 e. The molecule has 0 fully saturated rings. The minimum absolute atomic E-state index is 0. The average Bonchev–Trinajstić information content (AvgIpc) is 3.18. The summed E-state index contributed by atoms with van der Waals surface area (Å²) in [5.41, 5.74) is 2.23. The van der Waals surface area contributed by atoms with E-state index in [2.05, 4.69) is 25.6 Å². The summed E-state index contributed by atoms with van der Waals surface area (Å²) in [5, 5.41) is 12.8. The van der Waals surface area contributed by atoms with Crippen LogP contribution < -0.4 is 15.4 Å². The molecule has 0 aromatic carbocycles. The van der Waals surface area contributed by atoms with Crippen molar-refractivity contribution in [2.75, 3.05) is 19.6 Å². The monoisotopic (exact) mass is 405 g/mol. The average molecular weight is 406 g/mol. The minimum atomic E-state index is -3.52. The van der Waals surface area contributed by atoms with E-state index in [1.165, 1.54) is 11.3 Å². The van der Waals surface area contributed by atoms with Crippen molar-refractivity contribution in [3.8, 4) is 0 Å². The van der Waals surface area contributed by atoms with Crippen molar-refractivity contribution in [3.63, 3.8) is 0 Å². The van der Waals surface area contributed by atoms with Crippen molar-refractivity contribution in [1.82, 2.24) is 25.6 Å². The zero-order chi connectivity index (χ0) is 17.2. The number of aromatic nitrogens is 2. The van der Waals surface area contributed by atoms with Gasteiger partial charge < -0.3 is 10.6 Å². The fourth-order valence-corrected chi connectivity index (χ4v) is 4.85. The van der Waals surface area contributed by atoms with Crippen LogP contribution in [0.4, 0.5) is 0 Å². The summed E-state index contributed by atoms with van der Waals surface area (Å²) < 4.78 is 26.9. The fourth-order valence-electron chi connectivity index (χ4n) is 2.49. The summed E-state index contributed by atoms with van der Waals surface area (Å²) in [6.07, 6.45) is 0.815. The van der Waals surface area contributed by atoms with Gasteiger partial charge in [-0.3, -0.25) is 9.89 Å². The second kappa shape index (κ2) is 8.28. The highest BCUT2D eigenvalue weighted by Gasteiger charge is 2.21. The molecule has 0 unspecified atom stereocenters. The number of carbonyl (C=O) groups is 1. The molecule has 1 amide bonds. The van der Waals surface area contributed by atoms with Gasteiger partial charge in [0.05, 0.1) is 0 Å².